The molecule has 110 valence electrons. The molecule has 0 unspecified atom stereocenters. The molecular weight excluding hydrogens is 264 g/mol. The van der Waals surface area contributed by atoms with E-state index in [2.05, 4.69) is 17.0 Å². The fourth-order valence-corrected chi connectivity index (χ4v) is 2.43. The van der Waals surface area contributed by atoms with Crippen LogP contribution in [0.1, 0.15) is 5.56 Å². The van der Waals surface area contributed by atoms with Crippen LogP contribution >= 0.6 is 0 Å². The lowest BCUT2D eigenvalue weighted by Crippen LogP contribution is -2.36. The third-order valence-electron chi connectivity index (χ3n) is 3.54. The first kappa shape index (κ1) is 13.8. The van der Waals surface area contributed by atoms with E-state index in [9.17, 15) is 0 Å². The van der Waals surface area contributed by atoms with Crippen LogP contribution in [-0.2, 0) is 11.3 Å². The fraction of sp³-hybridized carbons (Fsp3) is 0.294. The standard InChI is InChI=1S/C17H20N2O2/c18-15-10-16(19-6-8-20-9-7-19)12-17(11-15)21-13-14-4-2-1-3-5-14/h1-5,10-12H,6-9,13,18H2. The van der Waals surface area contributed by atoms with Gasteiger partial charge in [-0.2, -0.15) is 0 Å². The Labute approximate surface area is 125 Å². The summed E-state index contributed by atoms with van der Waals surface area (Å²) in [7, 11) is 0. The lowest BCUT2D eigenvalue weighted by Gasteiger charge is -2.29. The van der Waals surface area contributed by atoms with Gasteiger partial charge in [0.15, 0.2) is 0 Å². The average Bonchev–Trinajstić information content (AvgIpc) is 2.54. The summed E-state index contributed by atoms with van der Waals surface area (Å²) < 4.78 is 11.2. The smallest absolute Gasteiger partial charge is 0.123 e. The van der Waals surface area contributed by atoms with Gasteiger partial charge in [0.25, 0.3) is 0 Å². The van der Waals surface area contributed by atoms with E-state index in [1.807, 2.05) is 36.4 Å². The highest BCUT2D eigenvalue weighted by molar-refractivity contribution is 5.60. The first-order chi connectivity index (χ1) is 10.3. The van der Waals surface area contributed by atoms with E-state index in [4.69, 9.17) is 15.2 Å². The summed E-state index contributed by atoms with van der Waals surface area (Å²) in [5.41, 5.74) is 8.97. The number of benzene rings is 2. The number of morpholine rings is 1. The molecule has 0 spiro atoms. The van der Waals surface area contributed by atoms with Gasteiger partial charge < -0.3 is 20.1 Å². The van der Waals surface area contributed by atoms with Crippen molar-refractivity contribution in [2.24, 2.45) is 0 Å². The Balaban J connectivity index is 1.71. The first-order valence-electron chi connectivity index (χ1n) is 7.21. The summed E-state index contributed by atoms with van der Waals surface area (Å²) in [6.45, 7) is 3.85. The molecule has 0 atom stereocenters. The second kappa shape index (κ2) is 6.50. The summed E-state index contributed by atoms with van der Waals surface area (Å²) in [6, 6.07) is 16.0. The van der Waals surface area contributed by atoms with Gasteiger partial charge in [-0.1, -0.05) is 30.3 Å². The van der Waals surface area contributed by atoms with E-state index in [1.165, 1.54) is 0 Å². The number of nitrogens with two attached hydrogens (primary N) is 1. The van der Waals surface area contributed by atoms with Crippen LogP contribution in [0.25, 0.3) is 0 Å². The summed E-state index contributed by atoms with van der Waals surface area (Å²) in [4.78, 5) is 2.27. The van der Waals surface area contributed by atoms with E-state index in [1.54, 1.807) is 0 Å². The molecule has 4 nitrogen and oxygen atoms in total. The van der Waals surface area contributed by atoms with Crippen molar-refractivity contribution in [3.63, 3.8) is 0 Å². The van der Waals surface area contributed by atoms with Gasteiger partial charge in [-0.3, -0.25) is 0 Å². The normalized spacial score (nSPS) is 15.0. The molecule has 2 aromatic rings. The third kappa shape index (κ3) is 3.67. The molecule has 1 aliphatic heterocycles. The molecule has 0 saturated carbocycles. The van der Waals surface area contributed by atoms with Crippen molar-refractivity contribution in [1.82, 2.24) is 0 Å². The molecule has 3 rings (SSSR count). The number of nitrogen functional groups attached to an aromatic ring is 1. The zero-order chi connectivity index (χ0) is 14.5. The van der Waals surface area contributed by atoms with Crippen molar-refractivity contribution in [1.29, 1.82) is 0 Å². The molecule has 2 N–H and O–H groups in total. The zero-order valence-electron chi connectivity index (χ0n) is 12.0. The highest BCUT2D eigenvalue weighted by atomic mass is 16.5. The average molecular weight is 284 g/mol. The van der Waals surface area contributed by atoms with E-state index in [-0.39, 0.29) is 0 Å². The monoisotopic (exact) mass is 284 g/mol. The predicted octanol–water partition coefficient (Wildman–Crippen LogP) is 2.68. The van der Waals surface area contributed by atoms with E-state index in [0.717, 1.165) is 49.0 Å². The van der Waals surface area contributed by atoms with Crippen LogP contribution < -0.4 is 15.4 Å². The van der Waals surface area contributed by atoms with Crippen molar-refractivity contribution in [2.45, 2.75) is 6.61 Å². The van der Waals surface area contributed by atoms with E-state index in [0.29, 0.717) is 6.61 Å². The molecule has 2 aromatic carbocycles. The van der Waals surface area contributed by atoms with Gasteiger partial charge in [-0.25, -0.2) is 0 Å². The molecule has 0 radical (unpaired) electrons. The Bertz CT molecular complexity index is 581. The highest BCUT2D eigenvalue weighted by Crippen LogP contribution is 2.26. The van der Waals surface area contributed by atoms with Crippen LogP contribution in [0.2, 0.25) is 0 Å². The summed E-state index contributed by atoms with van der Waals surface area (Å²) in [6.07, 6.45) is 0. The summed E-state index contributed by atoms with van der Waals surface area (Å²) in [5.74, 6) is 0.806. The highest BCUT2D eigenvalue weighted by Gasteiger charge is 2.12. The molecule has 1 aliphatic rings. The first-order valence-corrected chi connectivity index (χ1v) is 7.21. The van der Waals surface area contributed by atoms with Crippen LogP contribution in [0.5, 0.6) is 5.75 Å². The second-order valence-electron chi connectivity index (χ2n) is 5.13. The molecule has 21 heavy (non-hydrogen) atoms. The SMILES string of the molecule is Nc1cc(OCc2ccccc2)cc(N2CCOCC2)c1. The minimum atomic E-state index is 0.548. The molecule has 1 heterocycles. The number of hydrogen-bond acceptors (Lipinski definition) is 4. The van der Waals surface area contributed by atoms with Crippen molar-refractivity contribution in [3.05, 3.63) is 54.1 Å². The van der Waals surface area contributed by atoms with Gasteiger partial charge >= 0.3 is 0 Å². The molecule has 4 heteroatoms. The Morgan fingerprint density at radius 3 is 2.57 bits per heavy atom. The van der Waals surface area contributed by atoms with Crippen LogP contribution in [0.4, 0.5) is 11.4 Å². The Morgan fingerprint density at radius 2 is 1.81 bits per heavy atom. The summed E-state index contributed by atoms with van der Waals surface area (Å²) >= 11 is 0. The minimum Gasteiger partial charge on any atom is -0.489 e. The van der Waals surface area contributed by atoms with Crippen LogP contribution in [0.15, 0.2) is 48.5 Å². The van der Waals surface area contributed by atoms with Gasteiger partial charge in [0.05, 0.1) is 13.2 Å². The maximum absolute atomic E-state index is 6.00. The predicted molar refractivity (Wildman–Crippen MR) is 84.7 cm³/mol. The Hall–Kier alpha value is -2.20. The van der Waals surface area contributed by atoms with Gasteiger partial charge in [0.1, 0.15) is 12.4 Å². The van der Waals surface area contributed by atoms with Crippen molar-refractivity contribution >= 4 is 11.4 Å². The third-order valence-corrected chi connectivity index (χ3v) is 3.54. The van der Waals surface area contributed by atoms with Crippen molar-refractivity contribution in [2.75, 3.05) is 36.9 Å². The van der Waals surface area contributed by atoms with Crippen LogP contribution in [0, 0.1) is 0 Å². The van der Waals surface area contributed by atoms with Gasteiger partial charge in [-0.15, -0.1) is 0 Å². The second-order valence-corrected chi connectivity index (χ2v) is 5.13. The number of ether oxygens (including phenoxy) is 2. The minimum absolute atomic E-state index is 0.548. The van der Waals surface area contributed by atoms with Crippen LogP contribution in [-0.4, -0.2) is 26.3 Å². The molecule has 0 aliphatic carbocycles. The molecule has 0 amide bonds. The van der Waals surface area contributed by atoms with Gasteiger partial charge in [-0.05, 0) is 11.6 Å². The summed E-state index contributed by atoms with van der Waals surface area (Å²) in [5, 5.41) is 0. The zero-order valence-corrected chi connectivity index (χ0v) is 12.0. The van der Waals surface area contributed by atoms with Crippen LogP contribution in [0.3, 0.4) is 0 Å². The fourth-order valence-electron chi connectivity index (χ4n) is 2.43. The van der Waals surface area contributed by atoms with E-state index < -0.39 is 0 Å². The Kier molecular flexibility index (Phi) is 4.26. The molecule has 0 bridgehead atoms. The molecule has 0 aromatic heterocycles. The Morgan fingerprint density at radius 1 is 1.05 bits per heavy atom. The number of hydrogen-bond donors (Lipinski definition) is 1. The van der Waals surface area contributed by atoms with Gasteiger partial charge in [0.2, 0.25) is 0 Å². The maximum Gasteiger partial charge on any atom is 0.123 e. The number of nitrogens with zero attached hydrogens (tertiary/aromatic N) is 1. The quantitative estimate of drug-likeness (QED) is 0.877. The number of anilines is 2. The molecule has 1 fully saturated rings. The van der Waals surface area contributed by atoms with Crippen molar-refractivity contribution in [3.8, 4) is 5.75 Å². The van der Waals surface area contributed by atoms with Gasteiger partial charge in [0, 0.05) is 36.6 Å². The lowest BCUT2D eigenvalue weighted by molar-refractivity contribution is 0.122. The topological polar surface area (TPSA) is 47.7 Å². The van der Waals surface area contributed by atoms with E-state index >= 15 is 0 Å². The molecule has 1 saturated heterocycles. The largest absolute Gasteiger partial charge is 0.489 e. The molecular formula is C17H20N2O2. The van der Waals surface area contributed by atoms with Crippen molar-refractivity contribution < 1.29 is 9.47 Å². The number of rotatable bonds is 4. The lowest BCUT2D eigenvalue weighted by atomic mass is 10.2. The maximum atomic E-state index is 6.00.